The van der Waals surface area contributed by atoms with E-state index >= 15 is 0 Å². The minimum atomic E-state index is -3.51. The number of hydrogen-bond donors (Lipinski definition) is 0. The van der Waals surface area contributed by atoms with Gasteiger partial charge in [0.2, 0.25) is 10.0 Å². The quantitative estimate of drug-likeness (QED) is 0.691. The first-order valence-electron chi connectivity index (χ1n) is 9.97. The maximum absolute atomic E-state index is 12.8. The molecule has 1 amide bonds. The van der Waals surface area contributed by atoms with Crippen LogP contribution in [0.3, 0.4) is 0 Å². The number of carbonyl (C=O) groups excluding carboxylic acids is 1. The van der Waals surface area contributed by atoms with E-state index < -0.39 is 10.0 Å². The summed E-state index contributed by atoms with van der Waals surface area (Å²) in [6.45, 7) is 8.11. The van der Waals surface area contributed by atoms with Gasteiger partial charge in [0.15, 0.2) is 0 Å². The van der Waals surface area contributed by atoms with Crippen molar-refractivity contribution in [3.63, 3.8) is 0 Å². The number of nitrogens with zero attached hydrogens (tertiary/aromatic N) is 4. The predicted octanol–water partition coefficient (Wildman–Crippen LogP) is 2.07. The van der Waals surface area contributed by atoms with E-state index in [1.807, 2.05) is 36.9 Å². The molecular weight excluding hydrogens is 388 g/mol. The Morgan fingerprint density at radius 1 is 1.00 bits per heavy atom. The van der Waals surface area contributed by atoms with Gasteiger partial charge in [-0.15, -0.1) is 0 Å². The molecule has 1 aliphatic rings. The van der Waals surface area contributed by atoms with Gasteiger partial charge in [-0.2, -0.15) is 4.31 Å². The lowest BCUT2D eigenvalue weighted by atomic mass is 10.2. The molecule has 0 atom stereocenters. The molecule has 29 heavy (non-hydrogen) atoms. The number of carbonyl (C=O) groups is 1. The first-order valence-corrected chi connectivity index (χ1v) is 11.4. The van der Waals surface area contributed by atoms with Gasteiger partial charge < -0.3 is 4.90 Å². The zero-order valence-corrected chi connectivity index (χ0v) is 17.8. The van der Waals surface area contributed by atoms with E-state index in [2.05, 4.69) is 9.88 Å². The normalized spacial score (nSPS) is 15.6. The van der Waals surface area contributed by atoms with Crippen LogP contribution in [0.25, 0.3) is 0 Å². The van der Waals surface area contributed by atoms with Gasteiger partial charge in [0.25, 0.3) is 5.91 Å². The van der Waals surface area contributed by atoms with E-state index in [-0.39, 0.29) is 10.8 Å². The molecule has 8 heteroatoms. The molecule has 0 unspecified atom stereocenters. The summed E-state index contributed by atoms with van der Waals surface area (Å²) in [7, 11) is -3.51. The Hall–Kier alpha value is -2.29. The first kappa shape index (κ1) is 21.4. The number of hydrogen-bond acceptors (Lipinski definition) is 5. The molecule has 156 valence electrons. The Morgan fingerprint density at radius 3 is 2.21 bits per heavy atom. The van der Waals surface area contributed by atoms with Crippen molar-refractivity contribution in [2.24, 2.45) is 0 Å². The van der Waals surface area contributed by atoms with Crippen LogP contribution in [-0.2, 0) is 16.6 Å². The Labute approximate surface area is 173 Å². The van der Waals surface area contributed by atoms with Crippen molar-refractivity contribution in [1.82, 2.24) is 19.1 Å². The maximum Gasteiger partial charge on any atom is 0.253 e. The number of amides is 1. The molecule has 0 radical (unpaired) electrons. The zero-order valence-electron chi connectivity index (χ0n) is 17.0. The van der Waals surface area contributed by atoms with Gasteiger partial charge in [-0.1, -0.05) is 19.9 Å². The third kappa shape index (κ3) is 5.01. The number of rotatable bonds is 7. The Morgan fingerprint density at radius 2 is 1.66 bits per heavy atom. The Bertz CT molecular complexity index is 905. The summed E-state index contributed by atoms with van der Waals surface area (Å²) in [6.07, 6.45) is 1.79. The fraction of sp³-hybridized carbons (Fsp3) is 0.429. The first-order chi connectivity index (χ1) is 14.0. The van der Waals surface area contributed by atoms with Gasteiger partial charge in [0.1, 0.15) is 0 Å². The average molecular weight is 417 g/mol. The van der Waals surface area contributed by atoms with Gasteiger partial charge >= 0.3 is 0 Å². The van der Waals surface area contributed by atoms with Crippen LogP contribution >= 0.6 is 0 Å². The van der Waals surface area contributed by atoms with Crippen LogP contribution in [0, 0.1) is 0 Å². The van der Waals surface area contributed by atoms with Crippen molar-refractivity contribution in [3.8, 4) is 0 Å². The van der Waals surface area contributed by atoms with E-state index in [1.165, 1.54) is 16.4 Å². The summed E-state index contributed by atoms with van der Waals surface area (Å²) in [5.41, 5.74) is 1.54. The number of piperazine rings is 1. The molecular formula is C21H28N4O3S. The van der Waals surface area contributed by atoms with Crippen molar-refractivity contribution < 1.29 is 13.2 Å². The van der Waals surface area contributed by atoms with Gasteiger partial charge in [-0.3, -0.25) is 14.7 Å². The molecule has 2 heterocycles. The fourth-order valence-electron chi connectivity index (χ4n) is 3.49. The van der Waals surface area contributed by atoms with Crippen molar-refractivity contribution in [2.45, 2.75) is 25.3 Å². The highest BCUT2D eigenvalue weighted by Crippen LogP contribution is 2.18. The molecule has 0 bridgehead atoms. The summed E-state index contributed by atoms with van der Waals surface area (Å²) in [4.78, 5) is 21.5. The molecule has 1 fully saturated rings. The molecule has 2 aromatic rings. The molecule has 0 aliphatic carbocycles. The summed E-state index contributed by atoms with van der Waals surface area (Å²) < 4.78 is 26.6. The molecule has 0 spiro atoms. The van der Waals surface area contributed by atoms with E-state index in [0.717, 1.165) is 25.3 Å². The largest absolute Gasteiger partial charge is 0.336 e. The lowest BCUT2D eigenvalue weighted by Crippen LogP contribution is -2.48. The number of pyridine rings is 1. The highest BCUT2D eigenvalue weighted by atomic mass is 32.2. The van der Waals surface area contributed by atoms with Crippen molar-refractivity contribution in [1.29, 1.82) is 0 Å². The van der Waals surface area contributed by atoms with Crippen LogP contribution in [0.15, 0.2) is 53.6 Å². The lowest BCUT2D eigenvalue weighted by molar-refractivity contribution is 0.0627. The third-order valence-electron chi connectivity index (χ3n) is 5.22. The van der Waals surface area contributed by atoms with Crippen LogP contribution < -0.4 is 0 Å². The number of aromatic nitrogens is 1. The van der Waals surface area contributed by atoms with Crippen LogP contribution in [0.2, 0.25) is 0 Å². The van der Waals surface area contributed by atoms with Gasteiger partial charge in [0.05, 0.1) is 10.6 Å². The van der Waals surface area contributed by atoms with Crippen molar-refractivity contribution in [2.75, 3.05) is 39.3 Å². The number of benzene rings is 1. The second-order valence-electron chi connectivity index (χ2n) is 7.00. The van der Waals surface area contributed by atoms with Gasteiger partial charge in [0, 0.05) is 57.6 Å². The van der Waals surface area contributed by atoms with Crippen molar-refractivity contribution >= 4 is 15.9 Å². The van der Waals surface area contributed by atoms with Crippen LogP contribution in [-0.4, -0.2) is 72.7 Å². The average Bonchev–Trinajstić information content (AvgIpc) is 2.75. The van der Waals surface area contributed by atoms with E-state index in [9.17, 15) is 13.2 Å². The fourth-order valence-corrected chi connectivity index (χ4v) is 4.95. The SMILES string of the molecule is CCN(CC)S(=O)(=O)c1ccc(C(=O)N2CCN(Cc3ccccn3)CC2)cc1. The predicted molar refractivity (Wildman–Crippen MR) is 112 cm³/mol. The molecule has 1 aliphatic heterocycles. The summed E-state index contributed by atoms with van der Waals surface area (Å²) in [5, 5.41) is 0. The summed E-state index contributed by atoms with van der Waals surface area (Å²) >= 11 is 0. The Balaban J connectivity index is 1.60. The molecule has 1 aromatic carbocycles. The van der Waals surface area contributed by atoms with Crippen LogP contribution in [0.5, 0.6) is 0 Å². The molecule has 0 saturated carbocycles. The molecule has 7 nitrogen and oxygen atoms in total. The van der Waals surface area contributed by atoms with E-state index in [4.69, 9.17) is 0 Å². The summed E-state index contributed by atoms with van der Waals surface area (Å²) in [5.74, 6) is -0.0609. The van der Waals surface area contributed by atoms with Gasteiger partial charge in [-0.05, 0) is 36.4 Å². The summed E-state index contributed by atoms with van der Waals surface area (Å²) in [6, 6.07) is 12.2. The highest BCUT2D eigenvalue weighted by Gasteiger charge is 2.24. The van der Waals surface area contributed by atoms with E-state index in [1.54, 1.807) is 18.3 Å². The molecule has 1 saturated heterocycles. The third-order valence-corrected chi connectivity index (χ3v) is 7.28. The molecule has 0 N–H and O–H groups in total. The lowest BCUT2D eigenvalue weighted by Gasteiger charge is -2.34. The van der Waals surface area contributed by atoms with Crippen LogP contribution in [0.4, 0.5) is 0 Å². The van der Waals surface area contributed by atoms with Crippen molar-refractivity contribution in [3.05, 3.63) is 59.9 Å². The van der Waals surface area contributed by atoms with E-state index in [0.29, 0.717) is 31.7 Å². The topological polar surface area (TPSA) is 73.8 Å². The highest BCUT2D eigenvalue weighted by molar-refractivity contribution is 7.89. The van der Waals surface area contributed by atoms with Crippen LogP contribution in [0.1, 0.15) is 29.9 Å². The second kappa shape index (κ2) is 9.47. The standard InChI is InChI=1S/C21H28N4O3S/c1-3-25(4-2)29(27,28)20-10-8-18(9-11-20)21(26)24-15-13-23(14-16-24)17-19-7-5-6-12-22-19/h5-12H,3-4,13-17H2,1-2H3. The maximum atomic E-state index is 12.8. The smallest absolute Gasteiger partial charge is 0.253 e. The second-order valence-corrected chi connectivity index (χ2v) is 8.94. The minimum Gasteiger partial charge on any atom is -0.336 e. The monoisotopic (exact) mass is 416 g/mol. The number of sulfonamides is 1. The van der Waals surface area contributed by atoms with Gasteiger partial charge in [-0.25, -0.2) is 8.42 Å². The molecule has 3 rings (SSSR count). The molecule has 1 aromatic heterocycles. The minimum absolute atomic E-state index is 0.0609. The zero-order chi connectivity index (χ0) is 20.9. The Kier molecular flexibility index (Phi) is 7.00.